The lowest BCUT2D eigenvalue weighted by molar-refractivity contribution is -0.156. The summed E-state index contributed by atoms with van der Waals surface area (Å²) in [7, 11) is 0. The molecule has 2 rings (SSSR count). The van der Waals surface area contributed by atoms with Crippen molar-refractivity contribution in [2.45, 2.75) is 57.5 Å². The van der Waals surface area contributed by atoms with Crippen LogP contribution in [0.15, 0.2) is 24.3 Å². The van der Waals surface area contributed by atoms with Gasteiger partial charge in [-0.3, -0.25) is 4.90 Å². The van der Waals surface area contributed by atoms with Crippen LogP contribution >= 0.6 is 0 Å². The standard InChI is InChI=1S/C16H22F3NO/c1-3-12-4-6-13(7-5-12)15(21)11(2)20(14-8-9-14)10-16(17,18)19/h4-7,11,14-15,21H,3,8-10H2,1-2H3. The highest BCUT2D eigenvalue weighted by Gasteiger charge is 2.42. The first-order valence-electron chi connectivity index (χ1n) is 7.41. The number of rotatable bonds is 6. The number of aliphatic hydroxyl groups is 1. The van der Waals surface area contributed by atoms with E-state index in [1.165, 1.54) is 4.90 Å². The molecule has 0 aliphatic heterocycles. The van der Waals surface area contributed by atoms with Gasteiger partial charge in [0.2, 0.25) is 0 Å². The zero-order chi connectivity index (χ0) is 15.6. The molecule has 1 aromatic carbocycles. The third-order valence-corrected chi connectivity index (χ3v) is 4.09. The van der Waals surface area contributed by atoms with Crippen LogP contribution in [0.3, 0.4) is 0 Å². The second-order valence-electron chi connectivity index (χ2n) is 5.80. The minimum Gasteiger partial charge on any atom is -0.387 e. The molecule has 0 heterocycles. The monoisotopic (exact) mass is 301 g/mol. The Balaban J connectivity index is 2.09. The van der Waals surface area contributed by atoms with Crippen LogP contribution in [-0.4, -0.2) is 34.8 Å². The Kier molecular flexibility index (Phi) is 4.94. The van der Waals surface area contributed by atoms with E-state index < -0.39 is 24.9 Å². The van der Waals surface area contributed by atoms with Gasteiger partial charge in [0.1, 0.15) is 0 Å². The lowest BCUT2D eigenvalue weighted by Crippen LogP contribution is -2.44. The molecule has 21 heavy (non-hydrogen) atoms. The maximum absolute atomic E-state index is 12.7. The van der Waals surface area contributed by atoms with Crippen molar-refractivity contribution >= 4 is 0 Å². The highest BCUT2D eigenvalue weighted by molar-refractivity contribution is 5.25. The summed E-state index contributed by atoms with van der Waals surface area (Å²) in [6.07, 6.45) is -2.68. The highest BCUT2D eigenvalue weighted by Crippen LogP contribution is 2.35. The Bertz CT molecular complexity index is 454. The smallest absolute Gasteiger partial charge is 0.387 e. The van der Waals surface area contributed by atoms with Crippen molar-refractivity contribution in [3.8, 4) is 0 Å². The van der Waals surface area contributed by atoms with Gasteiger partial charge in [0.25, 0.3) is 0 Å². The summed E-state index contributed by atoms with van der Waals surface area (Å²) < 4.78 is 38.1. The molecule has 1 N–H and O–H groups in total. The average molecular weight is 301 g/mol. The summed E-state index contributed by atoms with van der Waals surface area (Å²) in [6.45, 7) is 2.75. The summed E-state index contributed by atoms with van der Waals surface area (Å²) in [5, 5.41) is 10.4. The minimum atomic E-state index is -4.23. The topological polar surface area (TPSA) is 23.5 Å². The van der Waals surface area contributed by atoms with E-state index in [9.17, 15) is 18.3 Å². The molecule has 1 aliphatic carbocycles. The maximum Gasteiger partial charge on any atom is 0.401 e. The molecule has 5 heteroatoms. The van der Waals surface area contributed by atoms with Crippen molar-refractivity contribution in [3.63, 3.8) is 0 Å². The fraction of sp³-hybridized carbons (Fsp3) is 0.625. The number of aliphatic hydroxyl groups excluding tert-OH is 1. The fourth-order valence-electron chi connectivity index (χ4n) is 2.63. The molecule has 118 valence electrons. The van der Waals surface area contributed by atoms with Crippen molar-refractivity contribution in [1.29, 1.82) is 0 Å². The van der Waals surface area contributed by atoms with Gasteiger partial charge in [0.05, 0.1) is 12.6 Å². The van der Waals surface area contributed by atoms with Crippen LogP contribution in [0.25, 0.3) is 0 Å². The molecule has 2 unspecified atom stereocenters. The lowest BCUT2D eigenvalue weighted by atomic mass is 10.00. The normalized spacial score (nSPS) is 18.8. The van der Waals surface area contributed by atoms with Crippen LogP contribution < -0.4 is 0 Å². The predicted molar refractivity (Wildman–Crippen MR) is 76.0 cm³/mol. The molecule has 0 radical (unpaired) electrons. The summed E-state index contributed by atoms with van der Waals surface area (Å²) in [4.78, 5) is 1.39. The first-order valence-corrected chi connectivity index (χ1v) is 7.41. The summed E-state index contributed by atoms with van der Waals surface area (Å²) >= 11 is 0. The molecule has 1 saturated carbocycles. The number of hydrogen-bond donors (Lipinski definition) is 1. The highest BCUT2D eigenvalue weighted by atomic mass is 19.4. The number of aryl methyl sites for hydroxylation is 1. The van der Waals surface area contributed by atoms with E-state index in [0.29, 0.717) is 5.56 Å². The molecule has 1 aromatic rings. The molecule has 2 atom stereocenters. The summed E-state index contributed by atoms with van der Waals surface area (Å²) in [5.74, 6) is 0. The fourth-order valence-corrected chi connectivity index (χ4v) is 2.63. The van der Waals surface area contributed by atoms with Gasteiger partial charge in [-0.15, -0.1) is 0 Å². The van der Waals surface area contributed by atoms with Gasteiger partial charge in [0, 0.05) is 12.1 Å². The molecule has 0 bridgehead atoms. The van der Waals surface area contributed by atoms with Crippen LogP contribution in [0, 0.1) is 0 Å². The Labute approximate surface area is 123 Å². The van der Waals surface area contributed by atoms with E-state index in [2.05, 4.69) is 0 Å². The second kappa shape index (κ2) is 6.36. The molecule has 1 aliphatic rings. The number of halogens is 3. The summed E-state index contributed by atoms with van der Waals surface area (Å²) in [5.41, 5.74) is 1.82. The number of nitrogens with zero attached hydrogens (tertiary/aromatic N) is 1. The van der Waals surface area contributed by atoms with Gasteiger partial charge in [-0.1, -0.05) is 31.2 Å². The van der Waals surface area contributed by atoms with Crippen molar-refractivity contribution in [1.82, 2.24) is 4.90 Å². The predicted octanol–water partition coefficient (Wildman–Crippen LogP) is 3.70. The average Bonchev–Trinajstić information content (AvgIpc) is 3.27. The van der Waals surface area contributed by atoms with Gasteiger partial charge in [-0.05, 0) is 37.3 Å². The molecular weight excluding hydrogens is 279 g/mol. The first-order chi connectivity index (χ1) is 9.81. The first kappa shape index (κ1) is 16.3. The Morgan fingerprint density at radius 2 is 1.81 bits per heavy atom. The SMILES string of the molecule is CCc1ccc(C(O)C(C)N(CC(F)(F)F)C2CC2)cc1. The third kappa shape index (κ3) is 4.45. The minimum absolute atomic E-state index is 0.0498. The number of alkyl halides is 3. The molecule has 1 fully saturated rings. The zero-order valence-electron chi connectivity index (χ0n) is 12.4. The van der Waals surface area contributed by atoms with Gasteiger partial charge in [0.15, 0.2) is 0 Å². The summed E-state index contributed by atoms with van der Waals surface area (Å²) in [6, 6.07) is 6.84. The Hall–Kier alpha value is -1.07. The van der Waals surface area contributed by atoms with Gasteiger partial charge >= 0.3 is 6.18 Å². The van der Waals surface area contributed by atoms with Crippen molar-refractivity contribution in [3.05, 3.63) is 35.4 Å². The molecule has 0 spiro atoms. The Morgan fingerprint density at radius 3 is 2.24 bits per heavy atom. The quantitative estimate of drug-likeness (QED) is 0.866. The van der Waals surface area contributed by atoms with Crippen molar-refractivity contribution in [2.24, 2.45) is 0 Å². The zero-order valence-corrected chi connectivity index (χ0v) is 12.4. The van der Waals surface area contributed by atoms with E-state index >= 15 is 0 Å². The van der Waals surface area contributed by atoms with Crippen molar-refractivity contribution in [2.75, 3.05) is 6.54 Å². The molecule has 2 nitrogen and oxygen atoms in total. The van der Waals surface area contributed by atoms with Crippen LogP contribution in [0.4, 0.5) is 13.2 Å². The van der Waals surface area contributed by atoms with Crippen LogP contribution in [0.1, 0.15) is 43.9 Å². The van der Waals surface area contributed by atoms with Crippen molar-refractivity contribution < 1.29 is 18.3 Å². The van der Waals surface area contributed by atoms with Crippen LogP contribution in [0.5, 0.6) is 0 Å². The number of hydrogen-bond acceptors (Lipinski definition) is 2. The Morgan fingerprint density at radius 1 is 1.24 bits per heavy atom. The third-order valence-electron chi connectivity index (χ3n) is 4.09. The molecule has 0 saturated heterocycles. The lowest BCUT2D eigenvalue weighted by Gasteiger charge is -2.33. The molecular formula is C16H22F3NO. The van der Waals surface area contributed by atoms with E-state index in [1.807, 2.05) is 19.1 Å². The largest absolute Gasteiger partial charge is 0.401 e. The van der Waals surface area contributed by atoms with Gasteiger partial charge in [-0.25, -0.2) is 0 Å². The van der Waals surface area contributed by atoms with E-state index in [0.717, 1.165) is 24.8 Å². The van der Waals surface area contributed by atoms with E-state index in [1.54, 1.807) is 19.1 Å². The van der Waals surface area contributed by atoms with Crippen LogP contribution in [-0.2, 0) is 6.42 Å². The molecule has 0 aromatic heterocycles. The van der Waals surface area contributed by atoms with E-state index in [4.69, 9.17) is 0 Å². The van der Waals surface area contributed by atoms with E-state index in [-0.39, 0.29) is 6.04 Å². The second-order valence-corrected chi connectivity index (χ2v) is 5.80. The van der Waals surface area contributed by atoms with Crippen LogP contribution in [0.2, 0.25) is 0 Å². The molecule has 0 amide bonds. The van der Waals surface area contributed by atoms with Gasteiger partial charge in [-0.2, -0.15) is 13.2 Å². The van der Waals surface area contributed by atoms with Gasteiger partial charge < -0.3 is 5.11 Å². The number of benzene rings is 1. The maximum atomic E-state index is 12.7.